The highest BCUT2D eigenvalue weighted by molar-refractivity contribution is 9.10. The molecular weight excluding hydrogens is 304 g/mol. The predicted molar refractivity (Wildman–Crippen MR) is 81.5 cm³/mol. The molecule has 106 valence electrons. The quantitative estimate of drug-likeness (QED) is 0.899. The molecule has 0 heterocycles. The number of aliphatic hydroxyl groups excluding tert-OH is 1. The Labute approximate surface area is 124 Å². The van der Waals surface area contributed by atoms with Crippen LogP contribution in [0.1, 0.15) is 38.2 Å². The molecule has 0 saturated heterocycles. The zero-order valence-corrected chi connectivity index (χ0v) is 13.3. The minimum absolute atomic E-state index is 0.135. The molecule has 1 saturated carbocycles. The largest absolute Gasteiger partial charge is 0.496 e. The number of ether oxygens (including phenoxy) is 1. The third-order valence-electron chi connectivity index (χ3n) is 4.34. The molecule has 2 rings (SSSR count). The fraction of sp³-hybridized carbons (Fsp3) is 0.625. The van der Waals surface area contributed by atoms with Gasteiger partial charge in [0.1, 0.15) is 5.75 Å². The molecule has 3 atom stereocenters. The SMILES string of the molecule is CCC1CCC(O)C(Cc2ccc(OC)c(Br)c2)C1. The highest BCUT2D eigenvalue weighted by atomic mass is 79.9. The van der Waals surface area contributed by atoms with Crippen molar-refractivity contribution in [3.05, 3.63) is 28.2 Å². The third-order valence-corrected chi connectivity index (χ3v) is 4.96. The Balaban J connectivity index is 2.05. The molecule has 1 fully saturated rings. The predicted octanol–water partition coefficient (Wildman–Crippen LogP) is 4.19. The number of hydrogen-bond donors (Lipinski definition) is 1. The average Bonchev–Trinajstić information content (AvgIpc) is 2.41. The minimum Gasteiger partial charge on any atom is -0.496 e. The smallest absolute Gasteiger partial charge is 0.133 e. The molecule has 1 aromatic carbocycles. The summed E-state index contributed by atoms with van der Waals surface area (Å²) >= 11 is 3.53. The van der Waals surface area contributed by atoms with Crippen LogP contribution in [0.25, 0.3) is 0 Å². The van der Waals surface area contributed by atoms with E-state index in [-0.39, 0.29) is 6.10 Å². The first kappa shape index (κ1) is 14.9. The summed E-state index contributed by atoms with van der Waals surface area (Å²) in [7, 11) is 1.68. The van der Waals surface area contributed by atoms with Gasteiger partial charge in [-0.25, -0.2) is 0 Å². The number of aliphatic hydroxyl groups is 1. The molecule has 0 amide bonds. The van der Waals surface area contributed by atoms with Crippen LogP contribution in [-0.2, 0) is 6.42 Å². The van der Waals surface area contributed by atoms with Crippen molar-refractivity contribution in [1.29, 1.82) is 0 Å². The fourth-order valence-corrected chi connectivity index (χ4v) is 3.66. The van der Waals surface area contributed by atoms with Crippen molar-refractivity contribution in [2.24, 2.45) is 11.8 Å². The molecule has 1 aliphatic rings. The van der Waals surface area contributed by atoms with Gasteiger partial charge in [0.25, 0.3) is 0 Å². The van der Waals surface area contributed by atoms with Gasteiger partial charge in [0.15, 0.2) is 0 Å². The zero-order chi connectivity index (χ0) is 13.8. The number of rotatable bonds is 4. The van der Waals surface area contributed by atoms with E-state index >= 15 is 0 Å². The van der Waals surface area contributed by atoms with Crippen LogP contribution in [0.15, 0.2) is 22.7 Å². The minimum atomic E-state index is -0.135. The number of halogens is 1. The third kappa shape index (κ3) is 3.73. The maximum Gasteiger partial charge on any atom is 0.133 e. The average molecular weight is 327 g/mol. The maximum absolute atomic E-state index is 10.2. The van der Waals surface area contributed by atoms with Crippen LogP contribution in [0, 0.1) is 11.8 Å². The lowest BCUT2D eigenvalue weighted by Gasteiger charge is -2.33. The van der Waals surface area contributed by atoms with Crippen molar-refractivity contribution in [2.75, 3.05) is 7.11 Å². The van der Waals surface area contributed by atoms with E-state index < -0.39 is 0 Å². The van der Waals surface area contributed by atoms with Gasteiger partial charge in [-0.05, 0) is 71.1 Å². The van der Waals surface area contributed by atoms with Crippen molar-refractivity contribution < 1.29 is 9.84 Å². The number of hydrogen-bond acceptors (Lipinski definition) is 2. The maximum atomic E-state index is 10.2. The molecule has 3 heteroatoms. The molecule has 0 radical (unpaired) electrons. The standard InChI is InChI=1S/C16H23BrO2/c1-3-11-4-6-15(18)13(8-11)9-12-5-7-16(19-2)14(17)10-12/h5,7,10-11,13,15,18H,3-4,6,8-9H2,1-2H3. The topological polar surface area (TPSA) is 29.5 Å². The Morgan fingerprint density at radius 1 is 1.37 bits per heavy atom. The van der Waals surface area contributed by atoms with Crippen LogP contribution >= 0.6 is 15.9 Å². The Morgan fingerprint density at radius 2 is 2.16 bits per heavy atom. The molecule has 3 unspecified atom stereocenters. The molecule has 0 aliphatic heterocycles. The fourth-order valence-electron chi connectivity index (χ4n) is 3.08. The summed E-state index contributed by atoms with van der Waals surface area (Å²) in [5, 5.41) is 10.2. The summed E-state index contributed by atoms with van der Waals surface area (Å²) in [6.07, 6.45) is 5.35. The Morgan fingerprint density at radius 3 is 2.79 bits per heavy atom. The van der Waals surface area contributed by atoms with Gasteiger partial charge in [-0.1, -0.05) is 19.4 Å². The second-order valence-corrected chi connectivity index (χ2v) is 6.44. The number of benzene rings is 1. The van der Waals surface area contributed by atoms with Gasteiger partial charge in [-0.15, -0.1) is 0 Å². The van der Waals surface area contributed by atoms with Crippen molar-refractivity contribution in [3.63, 3.8) is 0 Å². The summed E-state index contributed by atoms with van der Waals surface area (Å²) in [6, 6.07) is 6.21. The van der Waals surface area contributed by atoms with Crippen LogP contribution < -0.4 is 4.74 Å². The van der Waals surface area contributed by atoms with Gasteiger partial charge < -0.3 is 9.84 Å². The van der Waals surface area contributed by atoms with Gasteiger partial charge in [-0.2, -0.15) is 0 Å². The van der Waals surface area contributed by atoms with Crippen LogP contribution in [0.5, 0.6) is 5.75 Å². The van der Waals surface area contributed by atoms with E-state index in [1.807, 2.05) is 6.07 Å². The normalized spacial score (nSPS) is 27.3. The van der Waals surface area contributed by atoms with Crippen LogP contribution in [0.4, 0.5) is 0 Å². The first-order valence-corrected chi connectivity index (χ1v) is 7.93. The van der Waals surface area contributed by atoms with E-state index in [0.29, 0.717) is 5.92 Å². The van der Waals surface area contributed by atoms with E-state index in [1.54, 1.807) is 7.11 Å². The molecule has 0 spiro atoms. The molecule has 1 aliphatic carbocycles. The van der Waals surface area contributed by atoms with Crippen molar-refractivity contribution in [1.82, 2.24) is 0 Å². The molecule has 0 bridgehead atoms. The van der Waals surface area contributed by atoms with Crippen LogP contribution in [-0.4, -0.2) is 18.3 Å². The van der Waals surface area contributed by atoms with Gasteiger partial charge in [0.2, 0.25) is 0 Å². The zero-order valence-electron chi connectivity index (χ0n) is 11.7. The summed E-state index contributed by atoms with van der Waals surface area (Å²) in [4.78, 5) is 0. The van der Waals surface area contributed by atoms with Gasteiger partial charge in [0, 0.05) is 0 Å². The van der Waals surface area contributed by atoms with E-state index in [1.165, 1.54) is 18.4 Å². The van der Waals surface area contributed by atoms with Gasteiger partial charge in [-0.3, -0.25) is 0 Å². The van der Waals surface area contributed by atoms with E-state index in [4.69, 9.17) is 4.74 Å². The summed E-state index contributed by atoms with van der Waals surface area (Å²) in [6.45, 7) is 2.25. The Kier molecular flexibility index (Phi) is 5.28. The monoisotopic (exact) mass is 326 g/mol. The summed E-state index contributed by atoms with van der Waals surface area (Å²) < 4.78 is 6.24. The molecule has 1 N–H and O–H groups in total. The van der Waals surface area contributed by atoms with Gasteiger partial charge >= 0.3 is 0 Å². The van der Waals surface area contributed by atoms with Gasteiger partial charge in [0.05, 0.1) is 17.7 Å². The second-order valence-electron chi connectivity index (χ2n) is 5.59. The van der Waals surface area contributed by atoms with E-state index in [9.17, 15) is 5.11 Å². The van der Waals surface area contributed by atoms with Crippen LogP contribution in [0.2, 0.25) is 0 Å². The highest BCUT2D eigenvalue weighted by Gasteiger charge is 2.28. The summed E-state index contributed by atoms with van der Waals surface area (Å²) in [5.41, 5.74) is 1.27. The lowest BCUT2D eigenvalue weighted by molar-refractivity contribution is 0.0475. The van der Waals surface area contributed by atoms with Crippen LogP contribution in [0.3, 0.4) is 0 Å². The first-order valence-electron chi connectivity index (χ1n) is 7.14. The second kappa shape index (κ2) is 6.76. The lowest BCUT2D eigenvalue weighted by atomic mass is 9.76. The molecule has 2 nitrogen and oxygen atoms in total. The molecule has 1 aromatic rings. The number of methoxy groups -OCH3 is 1. The molecule has 19 heavy (non-hydrogen) atoms. The molecular formula is C16H23BrO2. The first-order chi connectivity index (χ1) is 9.13. The highest BCUT2D eigenvalue weighted by Crippen LogP contribution is 2.34. The van der Waals surface area contributed by atoms with E-state index in [0.717, 1.165) is 35.4 Å². The van der Waals surface area contributed by atoms with Crippen molar-refractivity contribution >= 4 is 15.9 Å². The lowest BCUT2D eigenvalue weighted by Crippen LogP contribution is -2.30. The van der Waals surface area contributed by atoms with Crippen molar-refractivity contribution in [3.8, 4) is 5.75 Å². The Hall–Kier alpha value is -0.540. The Bertz CT molecular complexity index is 419. The summed E-state index contributed by atoms with van der Waals surface area (Å²) in [5.74, 6) is 2.05. The molecule has 0 aromatic heterocycles. The van der Waals surface area contributed by atoms with E-state index in [2.05, 4.69) is 35.0 Å². The van der Waals surface area contributed by atoms with Crippen molar-refractivity contribution in [2.45, 2.75) is 45.1 Å².